The summed E-state index contributed by atoms with van der Waals surface area (Å²) in [5.41, 5.74) is 1.24. The molecule has 0 saturated carbocycles. The Balaban J connectivity index is 2.30. The smallest absolute Gasteiger partial charge is 0.270 e. The van der Waals surface area contributed by atoms with Crippen LogP contribution >= 0.6 is 0 Å². The first-order valence-corrected chi connectivity index (χ1v) is 10.0. The van der Waals surface area contributed by atoms with Crippen LogP contribution in [-0.4, -0.2) is 21.6 Å². The van der Waals surface area contributed by atoms with Crippen LogP contribution in [0.3, 0.4) is 0 Å². The normalized spacial score (nSPS) is 12.9. The third kappa shape index (κ3) is 3.92. The number of amides is 1. The maximum absolute atomic E-state index is 13.4. The number of aromatic nitrogens is 1. The van der Waals surface area contributed by atoms with Crippen molar-refractivity contribution < 1.29 is 9.90 Å². The van der Waals surface area contributed by atoms with E-state index >= 15 is 0 Å². The van der Waals surface area contributed by atoms with Gasteiger partial charge in [0.25, 0.3) is 5.56 Å². The standard InChI is InChI=1S/C24H25N3O3/c1-4-7-15(2)26-23(29)22(17-10-12-18(28)13-11-17)27-21-9-6-5-8-19(21)16(3)20(14-25)24(27)30/h5-6,8-13,15,22,28H,4,7H2,1-3H3,(H,26,29). The first kappa shape index (κ1) is 21.1. The Morgan fingerprint density at radius 3 is 2.50 bits per heavy atom. The number of carbonyl (C=O) groups excluding carboxylic acids is 1. The minimum absolute atomic E-state index is 0.0203. The van der Waals surface area contributed by atoms with Crippen LogP contribution in [-0.2, 0) is 4.79 Å². The van der Waals surface area contributed by atoms with Gasteiger partial charge in [-0.15, -0.1) is 0 Å². The lowest BCUT2D eigenvalue weighted by atomic mass is 10.00. The highest BCUT2D eigenvalue weighted by Crippen LogP contribution is 2.27. The molecule has 6 heteroatoms. The predicted molar refractivity (Wildman–Crippen MR) is 116 cm³/mol. The zero-order valence-corrected chi connectivity index (χ0v) is 17.3. The maximum Gasteiger partial charge on any atom is 0.270 e. The van der Waals surface area contributed by atoms with Crippen molar-refractivity contribution in [2.24, 2.45) is 0 Å². The number of phenols is 1. The SMILES string of the molecule is CCCC(C)NC(=O)C(c1ccc(O)cc1)n1c(=O)c(C#N)c(C)c2ccccc21. The largest absolute Gasteiger partial charge is 0.508 e. The highest BCUT2D eigenvalue weighted by molar-refractivity contribution is 5.89. The number of aromatic hydroxyl groups is 1. The molecule has 0 spiro atoms. The number of carbonyl (C=O) groups is 1. The molecule has 6 nitrogen and oxygen atoms in total. The Hall–Kier alpha value is -3.59. The molecule has 0 aliphatic carbocycles. The van der Waals surface area contributed by atoms with E-state index in [0.29, 0.717) is 16.6 Å². The first-order chi connectivity index (χ1) is 14.4. The van der Waals surface area contributed by atoms with Crippen LogP contribution in [0.1, 0.15) is 49.4 Å². The second-order valence-corrected chi connectivity index (χ2v) is 7.50. The van der Waals surface area contributed by atoms with Gasteiger partial charge in [-0.1, -0.05) is 43.7 Å². The fraction of sp³-hybridized carbons (Fsp3) is 0.292. The van der Waals surface area contributed by atoms with Gasteiger partial charge in [0.15, 0.2) is 0 Å². The van der Waals surface area contributed by atoms with E-state index in [1.165, 1.54) is 16.7 Å². The average molecular weight is 403 g/mol. The van der Waals surface area contributed by atoms with Crippen molar-refractivity contribution in [3.05, 3.63) is 75.6 Å². The third-order valence-corrected chi connectivity index (χ3v) is 5.31. The summed E-state index contributed by atoms with van der Waals surface area (Å²) in [5.74, 6) is -0.266. The topological polar surface area (TPSA) is 95.1 Å². The van der Waals surface area contributed by atoms with Crippen LogP contribution in [0.5, 0.6) is 5.75 Å². The van der Waals surface area contributed by atoms with Gasteiger partial charge >= 0.3 is 0 Å². The van der Waals surface area contributed by atoms with E-state index in [1.54, 1.807) is 31.2 Å². The fourth-order valence-electron chi connectivity index (χ4n) is 3.82. The molecule has 30 heavy (non-hydrogen) atoms. The van der Waals surface area contributed by atoms with E-state index in [1.807, 2.05) is 32.0 Å². The second kappa shape index (κ2) is 8.83. The molecule has 154 valence electrons. The van der Waals surface area contributed by atoms with Gasteiger partial charge in [0.1, 0.15) is 23.4 Å². The summed E-state index contributed by atoms with van der Waals surface area (Å²) in [6, 6.07) is 14.4. The number of hydrogen-bond acceptors (Lipinski definition) is 4. The zero-order valence-electron chi connectivity index (χ0n) is 17.3. The number of nitrogens with zero attached hydrogens (tertiary/aromatic N) is 2. The van der Waals surface area contributed by atoms with Gasteiger partial charge in [-0.25, -0.2) is 0 Å². The molecule has 0 radical (unpaired) electrons. The van der Waals surface area contributed by atoms with Crippen molar-refractivity contribution >= 4 is 16.8 Å². The van der Waals surface area contributed by atoms with Crippen molar-refractivity contribution in [3.8, 4) is 11.8 Å². The number of nitriles is 1. The lowest BCUT2D eigenvalue weighted by Gasteiger charge is -2.25. The second-order valence-electron chi connectivity index (χ2n) is 7.50. The molecule has 2 N–H and O–H groups in total. The van der Waals surface area contributed by atoms with E-state index < -0.39 is 11.6 Å². The number of benzene rings is 2. The predicted octanol–water partition coefficient (Wildman–Crippen LogP) is 3.78. The number of nitrogens with one attached hydrogen (secondary N) is 1. The van der Waals surface area contributed by atoms with Crippen molar-refractivity contribution in [2.75, 3.05) is 0 Å². The summed E-state index contributed by atoms with van der Waals surface area (Å²) in [4.78, 5) is 26.7. The molecule has 1 amide bonds. The molecule has 3 aromatic rings. The lowest BCUT2D eigenvalue weighted by Crippen LogP contribution is -2.42. The minimum Gasteiger partial charge on any atom is -0.508 e. The number of para-hydroxylation sites is 1. The van der Waals surface area contributed by atoms with Crippen LogP contribution < -0.4 is 10.9 Å². The highest BCUT2D eigenvalue weighted by atomic mass is 16.3. The Morgan fingerprint density at radius 1 is 1.20 bits per heavy atom. The van der Waals surface area contributed by atoms with Crippen LogP contribution in [0.4, 0.5) is 0 Å². The molecule has 0 fully saturated rings. The number of pyridine rings is 1. The molecule has 0 aliphatic rings. The fourth-order valence-corrected chi connectivity index (χ4v) is 3.82. The molecule has 0 saturated heterocycles. The molecular formula is C24H25N3O3. The maximum atomic E-state index is 13.4. The number of hydrogen-bond donors (Lipinski definition) is 2. The van der Waals surface area contributed by atoms with E-state index in [-0.39, 0.29) is 23.3 Å². The quantitative estimate of drug-likeness (QED) is 0.655. The van der Waals surface area contributed by atoms with Gasteiger partial charge in [-0.2, -0.15) is 5.26 Å². The number of phenolic OH excluding ortho intramolecular Hbond substituents is 1. The van der Waals surface area contributed by atoms with Crippen LogP contribution in [0, 0.1) is 18.3 Å². The first-order valence-electron chi connectivity index (χ1n) is 10.0. The van der Waals surface area contributed by atoms with E-state index in [2.05, 4.69) is 5.32 Å². The van der Waals surface area contributed by atoms with Crippen molar-refractivity contribution in [2.45, 2.75) is 45.7 Å². The van der Waals surface area contributed by atoms with Crippen LogP contribution in [0.15, 0.2) is 53.3 Å². The van der Waals surface area contributed by atoms with Gasteiger partial charge in [0, 0.05) is 11.4 Å². The molecular weight excluding hydrogens is 378 g/mol. The minimum atomic E-state index is -0.977. The molecule has 2 aromatic carbocycles. The summed E-state index contributed by atoms with van der Waals surface area (Å²) in [5, 5.41) is 23.1. The summed E-state index contributed by atoms with van der Waals surface area (Å²) in [6.07, 6.45) is 1.72. The van der Waals surface area contributed by atoms with Crippen molar-refractivity contribution in [1.82, 2.24) is 9.88 Å². The van der Waals surface area contributed by atoms with E-state index in [4.69, 9.17) is 0 Å². The Bertz CT molecular complexity index is 1170. The Morgan fingerprint density at radius 2 is 1.87 bits per heavy atom. The van der Waals surface area contributed by atoms with Crippen LogP contribution in [0.2, 0.25) is 0 Å². The average Bonchev–Trinajstić information content (AvgIpc) is 2.72. The van der Waals surface area contributed by atoms with Gasteiger partial charge in [-0.3, -0.25) is 14.2 Å². The monoisotopic (exact) mass is 403 g/mol. The Kier molecular flexibility index (Phi) is 6.22. The van der Waals surface area contributed by atoms with E-state index in [0.717, 1.165) is 18.2 Å². The molecule has 1 heterocycles. The van der Waals surface area contributed by atoms with E-state index in [9.17, 15) is 20.0 Å². The molecule has 0 aliphatic heterocycles. The molecule has 1 aromatic heterocycles. The Labute approximate surface area is 175 Å². The molecule has 3 rings (SSSR count). The number of aryl methyl sites for hydroxylation is 1. The zero-order chi connectivity index (χ0) is 21.8. The molecule has 0 bridgehead atoms. The van der Waals surface area contributed by atoms with Gasteiger partial charge in [-0.05, 0) is 49.6 Å². The van der Waals surface area contributed by atoms with Crippen molar-refractivity contribution in [3.63, 3.8) is 0 Å². The molecule has 2 atom stereocenters. The summed E-state index contributed by atoms with van der Waals surface area (Å²) >= 11 is 0. The lowest BCUT2D eigenvalue weighted by molar-refractivity contribution is -0.123. The third-order valence-electron chi connectivity index (χ3n) is 5.31. The molecule has 2 unspecified atom stereocenters. The van der Waals surface area contributed by atoms with Gasteiger partial charge in [0.2, 0.25) is 5.91 Å². The summed E-state index contributed by atoms with van der Waals surface area (Å²) < 4.78 is 1.39. The van der Waals surface area contributed by atoms with Gasteiger partial charge in [0.05, 0.1) is 5.52 Å². The highest BCUT2D eigenvalue weighted by Gasteiger charge is 2.28. The number of rotatable bonds is 6. The van der Waals surface area contributed by atoms with Gasteiger partial charge < -0.3 is 10.4 Å². The van der Waals surface area contributed by atoms with Crippen molar-refractivity contribution in [1.29, 1.82) is 5.26 Å². The summed E-state index contributed by atoms with van der Waals surface area (Å²) in [7, 11) is 0. The number of fused-ring (bicyclic) bond motifs is 1. The summed E-state index contributed by atoms with van der Waals surface area (Å²) in [6.45, 7) is 5.70. The van der Waals surface area contributed by atoms with Crippen LogP contribution in [0.25, 0.3) is 10.9 Å².